The highest BCUT2D eigenvalue weighted by atomic mass is 16.2. The summed E-state index contributed by atoms with van der Waals surface area (Å²) in [6.07, 6.45) is 3.41. The van der Waals surface area contributed by atoms with E-state index in [4.69, 9.17) is 0 Å². The highest BCUT2D eigenvalue weighted by molar-refractivity contribution is 5.92. The third kappa shape index (κ3) is 1.75. The van der Waals surface area contributed by atoms with Crippen molar-refractivity contribution in [1.82, 2.24) is 10.2 Å². The van der Waals surface area contributed by atoms with E-state index >= 15 is 0 Å². The van der Waals surface area contributed by atoms with E-state index in [0.29, 0.717) is 0 Å². The predicted molar refractivity (Wildman–Crippen MR) is 66.4 cm³/mol. The first-order chi connectivity index (χ1) is 8.31. The number of carbonyl (C=O) groups is 1. The second kappa shape index (κ2) is 4.15. The molecule has 1 aromatic rings. The van der Waals surface area contributed by atoms with Crippen LogP contribution in [-0.4, -0.2) is 29.4 Å². The maximum atomic E-state index is 11.9. The molecule has 0 bridgehead atoms. The van der Waals surface area contributed by atoms with Gasteiger partial charge in [-0.3, -0.25) is 9.69 Å². The molecule has 2 fully saturated rings. The first-order valence-corrected chi connectivity index (χ1v) is 6.39. The summed E-state index contributed by atoms with van der Waals surface area (Å²) in [5, 5.41) is 2.90. The van der Waals surface area contributed by atoms with Crippen LogP contribution in [0.15, 0.2) is 30.3 Å². The van der Waals surface area contributed by atoms with Crippen molar-refractivity contribution in [3.05, 3.63) is 35.9 Å². The van der Waals surface area contributed by atoms with Crippen LogP contribution in [0, 0.1) is 0 Å². The maximum absolute atomic E-state index is 11.9. The van der Waals surface area contributed by atoms with E-state index in [9.17, 15) is 4.79 Å². The van der Waals surface area contributed by atoms with Gasteiger partial charge in [-0.1, -0.05) is 30.3 Å². The largest absolute Gasteiger partial charge is 0.352 e. The van der Waals surface area contributed by atoms with Crippen LogP contribution in [0.2, 0.25) is 0 Å². The molecule has 2 aliphatic heterocycles. The van der Waals surface area contributed by atoms with Gasteiger partial charge in [0.1, 0.15) is 5.54 Å². The molecule has 90 valence electrons. The van der Waals surface area contributed by atoms with Gasteiger partial charge < -0.3 is 5.32 Å². The van der Waals surface area contributed by atoms with Crippen molar-refractivity contribution in [3.63, 3.8) is 0 Å². The van der Waals surface area contributed by atoms with Crippen LogP contribution in [0.25, 0.3) is 0 Å². The van der Waals surface area contributed by atoms with Crippen LogP contribution in [0.3, 0.4) is 0 Å². The van der Waals surface area contributed by atoms with Crippen molar-refractivity contribution in [2.24, 2.45) is 0 Å². The van der Waals surface area contributed by atoms with E-state index < -0.39 is 0 Å². The zero-order chi connectivity index (χ0) is 11.7. The first-order valence-electron chi connectivity index (χ1n) is 6.39. The Hall–Kier alpha value is -1.35. The fourth-order valence-electron chi connectivity index (χ4n) is 2.95. The number of piperidine rings is 1. The molecule has 0 aromatic heterocycles. The number of nitrogens with zero attached hydrogens (tertiary/aromatic N) is 1. The molecule has 1 aromatic carbocycles. The van der Waals surface area contributed by atoms with Gasteiger partial charge in [0.15, 0.2) is 0 Å². The summed E-state index contributed by atoms with van der Waals surface area (Å²) in [5.41, 5.74) is 1.11. The monoisotopic (exact) mass is 230 g/mol. The molecule has 1 N–H and O–H groups in total. The number of β-lactam (4-membered cyclic amide) rings is 1. The van der Waals surface area contributed by atoms with Crippen molar-refractivity contribution in [1.29, 1.82) is 0 Å². The Morgan fingerprint density at radius 1 is 1.24 bits per heavy atom. The van der Waals surface area contributed by atoms with Gasteiger partial charge in [-0.25, -0.2) is 0 Å². The molecule has 0 saturated carbocycles. The second-order valence-electron chi connectivity index (χ2n) is 5.08. The molecule has 2 heterocycles. The van der Waals surface area contributed by atoms with E-state index in [1.54, 1.807) is 0 Å². The molecule has 2 saturated heterocycles. The van der Waals surface area contributed by atoms with E-state index in [1.165, 1.54) is 18.4 Å². The van der Waals surface area contributed by atoms with Gasteiger partial charge in [-0.15, -0.1) is 0 Å². The van der Waals surface area contributed by atoms with Crippen molar-refractivity contribution < 1.29 is 4.79 Å². The summed E-state index contributed by atoms with van der Waals surface area (Å²) in [5.74, 6) is 0.230. The Morgan fingerprint density at radius 3 is 2.71 bits per heavy atom. The topological polar surface area (TPSA) is 32.3 Å². The number of carbonyl (C=O) groups excluding carboxylic acids is 1. The lowest BCUT2D eigenvalue weighted by molar-refractivity contribution is -0.147. The average molecular weight is 230 g/mol. The van der Waals surface area contributed by atoms with Gasteiger partial charge >= 0.3 is 0 Å². The molecule has 17 heavy (non-hydrogen) atoms. The van der Waals surface area contributed by atoms with Gasteiger partial charge in [0, 0.05) is 13.1 Å². The van der Waals surface area contributed by atoms with Crippen LogP contribution in [0.1, 0.15) is 24.8 Å². The Kier molecular flexibility index (Phi) is 2.63. The Labute approximate surface area is 102 Å². The highest BCUT2D eigenvalue weighted by Gasteiger charge is 2.51. The number of nitrogens with one attached hydrogen (secondary N) is 1. The smallest absolute Gasteiger partial charge is 0.242 e. The first kappa shape index (κ1) is 10.8. The molecule has 3 rings (SSSR count). The summed E-state index contributed by atoms with van der Waals surface area (Å²) < 4.78 is 0. The number of likely N-dealkylation sites (tertiary alicyclic amines) is 1. The predicted octanol–water partition coefficient (Wildman–Crippen LogP) is 1.54. The fourth-order valence-corrected chi connectivity index (χ4v) is 2.95. The van der Waals surface area contributed by atoms with E-state index in [1.807, 2.05) is 6.07 Å². The number of benzene rings is 1. The van der Waals surface area contributed by atoms with Gasteiger partial charge in [-0.2, -0.15) is 0 Å². The van der Waals surface area contributed by atoms with Crippen molar-refractivity contribution in [3.8, 4) is 0 Å². The number of hydrogen-bond donors (Lipinski definition) is 1. The average Bonchev–Trinajstić information content (AvgIpc) is 2.39. The maximum Gasteiger partial charge on any atom is 0.242 e. The zero-order valence-corrected chi connectivity index (χ0v) is 9.98. The molecule has 0 aliphatic carbocycles. The summed E-state index contributed by atoms with van der Waals surface area (Å²) in [4.78, 5) is 14.2. The second-order valence-corrected chi connectivity index (χ2v) is 5.08. The van der Waals surface area contributed by atoms with Crippen molar-refractivity contribution >= 4 is 5.91 Å². The number of hydrogen-bond acceptors (Lipinski definition) is 2. The molecule has 2 aliphatic rings. The minimum atomic E-state index is -0.186. The Bertz CT molecular complexity index is 417. The molecule has 1 spiro atoms. The van der Waals surface area contributed by atoms with Crippen LogP contribution in [-0.2, 0) is 11.3 Å². The Balaban J connectivity index is 1.79. The molecule has 1 amide bonds. The van der Waals surface area contributed by atoms with Gasteiger partial charge in [0.2, 0.25) is 5.91 Å². The minimum Gasteiger partial charge on any atom is -0.352 e. The summed E-state index contributed by atoms with van der Waals surface area (Å²) in [6, 6.07) is 10.4. The molecule has 1 unspecified atom stereocenters. The van der Waals surface area contributed by atoms with Gasteiger partial charge in [-0.05, 0) is 31.4 Å². The SMILES string of the molecule is O=C1NCC12CCCCN2Cc1ccccc1. The zero-order valence-electron chi connectivity index (χ0n) is 9.98. The van der Waals surface area contributed by atoms with Crippen LogP contribution < -0.4 is 5.32 Å². The standard InChI is InChI=1S/C14H18N2O/c17-13-14(11-15-13)8-4-5-9-16(14)10-12-6-2-1-3-7-12/h1-3,6-7H,4-5,8-11H2,(H,15,17). The number of rotatable bonds is 2. The number of amides is 1. The minimum absolute atomic E-state index is 0.186. The van der Waals surface area contributed by atoms with Crippen LogP contribution in [0.4, 0.5) is 0 Å². The Morgan fingerprint density at radius 2 is 2.06 bits per heavy atom. The molecular formula is C14H18N2O. The van der Waals surface area contributed by atoms with Gasteiger partial charge in [0.25, 0.3) is 0 Å². The van der Waals surface area contributed by atoms with Crippen LogP contribution in [0.5, 0.6) is 0 Å². The third-order valence-corrected chi connectivity index (χ3v) is 4.05. The lowest BCUT2D eigenvalue weighted by atomic mass is 9.80. The van der Waals surface area contributed by atoms with Crippen LogP contribution >= 0.6 is 0 Å². The molecule has 0 radical (unpaired) electrons. The normalized spacial score (nSPS) is 28.8. The van der Waals surface area contributed by atoms with E-state index in [0.717, 1.165) is 26.1 Å². The molecular weight excluding hydrogens is 212 g/mol. The highest BCUT2D eigenvalue weighted by Crippen LogP contribution is 2.33. The summed E-state index contributed by atoms with van der Waals surface area (Å²) >= 11 is 0. The van der Waals surface area contributed by atoms with E-state index in [-0.39, 0.29) is 11.4 Å². The summed E-state index contributed by atoms with van der Waals surface area (Å²) in [7, 11) is 0. The van der Waals surface area contributed by atoms with Gasteiger partial charge in [0.05, 0.1) is 0 Å². The molecule has 3 heteroatoms. The lowest BCUT2D eigenvalue weighted by Crippen LogP contribution is -2.73. The third-order valence-electron chi connectivity index (χ3n) is 4.05. The summed E-state index contributed by atoms with van der Waals surface area (Å²) in [6.45, 7) is 2.77. The van der Waals surface area contributed by atoms with E-state index in [2.05, 4.69) is 34.5 Å². The lowest BCUT2D eigenvalue weighted by Gasteiger charge is -2.51. The molecule has 1 atom stereocenters. The quantitative estimate of drug-likeness (QED) is 0.782. The molecule has 3 nitrogen and oxygen atoms in total. The van der Waals surface area contributed by atoms with Crippen molar-refractivity contribution in [2.75, 3.05) is 13.1 Å². The van der Waals surface area contributed by atoms with Crippen molar-refractivity contribution in [2.45, 2.75) is 31.3 Å². The fraction of sp³-hybridized carbons (Fsp3) is 0.500.